The fourth-order valence-corrected chi connectivity index (χ4v) is 7.18. The first-order valence-electron chi connectivity index (χ1n) is 15.2. The number of nitrogens with zero attached hydrogens (tertiary/aromatic N) is 4. The van der Waals surface area contributed by atoms with E-state index in [0.717, 1.165) is 40.8 Å². The van der Waals surface area contributed by atoms with Crippen molar-refractivity contribution in [1.29, 1.82) is 0 Å². The van der Waals surface area contributed by atoms with E-state index < -0.39 is 38.6 Å². The average molecular weight is 677 g/mol. The highest BCUT2D eigenvalue weighted by Gasteiger charge is 2.35. The van der Waals surface area contributed by atoms with Crippen LogP contribution >= 0.6 is 0 Å². The summed E-state index contributed by atoms with van der Waals surface area (Å²) in [5.74, 6) is -2.18. The Kier molecular flexibility index (Phi) is 10.7. The van der Waals surface area contributed by atoms with Crippen molar-refractivity contribution < 1.29 is 41.0 Å². The van der Waals surface area contributed by atoms with Crippen molar-refractivity contribution >= 4 is 33.5 Å². The lowest BCUT2D eigenvalue weighted by Crippen LogP contribution is -2.37. The minimum atomic E-state index is -4.36. The van der Waals surface area contributed by atoms with Gasteiger partial charge in [0.15, 0.2) is 5.82 Å². The molecule has 2 N–H and O–H groups in total. The second-order valence-electron chi connectivity index (χ2n) is 11.4. The van der Waals surface area contributed by atoms with Gasteiger partial charge in [-0.1, -0.05) is 0 Å². The monoisotopic (exact) mass is 676 g/mol. The molecule has 1 unspecified atom stereocenters. The summed E-state index contributed by atoms with van der Waals surface area (Å²) in [6.45, 7) is 5.17. The van der Waals surface area contributed by atoms with E-state index in [1.807, 2.05) is 6.92 Å². The van der Waals surface area contributed by atoms with E-state index in [9.17, 15) is 26.8 Å². The van der Waals surface area contributed by atoms with Gasteiger partial charge < -0.3 is 24.8 Å². The Bertz CT molecular complexity index is 1710. The van der Waals surface area contributed by atoms with Crippen molar-refractivity contribution in [2.24, 2.45) is 0 Å². The van der Waals surface area contributed by atoms with Crippen LogP contribution in [0.15, 0.2) is 41.3 Å². The number of amides is 1. The van der Waals surface area contributed by atoms with Crippen LogP contribution in [0.1, 0.15) is 41.4 Å². The van der Waals surface area contributed by atoms with E-state index in [0.29, 0.717) is 36.4 Å². The number of anilines is 2. The molecule has 0 radical (unpaired) electrons. The number of ether oxygens (including phenoxy) is 3. The Hall–Kier alpha value is -4.12. The number of fused-ring (bicyclic) bond motifs is 1. The van der Waals surface area contributed by atoms with Gasteiger partial charge in [0.2, 0.25) is 10.0 Å². The van der Waals surface area contributed by atoms with Crippen molar-refractivity contribution in [3.05, 3.63) is 64.9 Å². The van der Waals surface area contributed by atoms with Crippen LogP contribution in [0, 0.1) is 11.6 Å². The van der Waals surface area contributed by atoms with Gasteiger partial charge in [-0.3, -0.25) is 9.69 Å². The molecule has 5 rings (SSSR count). The summed E-state index contributed by atoms with van der Waals surface area (Å²) in [6.07, 6.45) is 1.53. The molecule has 2 aromatic carbocycles. The summed E-state index contributed by atoms with van der Waals surface area (Å²) in [5, 5.41) is 10.3. The van der Waals surface area contributed by atoms with E-state index in [1.54, 1.807) is 25.3 Å². The maximum atomic E-state index is 13.9. The highest BCUT2D eigenvalue weighted by atomic mass is 32.2. The van der Waals surface area contributed by atoms with E-state index in [-0.39, 0.29) is 42.5 Å². The van der Waals surface area contributed by atoms with Crippen LogP contribution in [0.5, 0.6) is 5.75 Å². The summed E-state index contributed by atoms with van der Waals surface area (Å²) in [7, 11) is -1.62. The fraction of sp³-hybridized carbons (Fsp3) is 0.452. The van der Waals surface area contributed by atoms with Crippen LogP contribution in [-0.4, -0.2) is 99.1 Å². The van der Waals surface area contributed by atoms with Gasteiger partial charge in [-0.05, 0) is 57.1 Å². The molecule has 3 aromatic rings. The third-order valence-corrected chi connectivity index (χ3v) is 9.83. The van der Waals surface area contributed by atoms with Gasteiger partial charge in [0.05, 0.1) is 35.6 Å². The molecule has 16 heteroatoms. The van der Waals surface area contributed by atoms with E-state index in [4.69, 9.17) is 14.2 Å². The number of sulfonamides is 1. The number of nitrogens with one attached hydrogen (secondary N) is 2. The van der Waals surface area contributed by atoms with Crippen LogP contribution in [0.4, 0.5) is 25.1 Å². The number of halogens is 2. The Labute approximate surface area is 271 Å². The number of methoxy groups -OCH3 is 2. The maximum absolute atomic E-state index is 13.9. The molecule has 0 spiro atoms. The van der Waals surface area contributed by atoms with Crippen LogP contribution in [-0.2, 0) is 32.5 Å². The van der Waals surface area contributed by atoms with E-state index in [2.05, 4.69) is 20.6 Å². The first-order valence-corrected chi connectivity index (χ1v) is 16.7. The van der Waals surface area contributed by atoms with Crippen molar-refractivity contribution in [2.75, 3.05) is 64.2 Å². The standard InChI is InChI=1S/C31H38F2N6O7S/c1-20(19-44-2)34-27-17-23(46-13-12-37-9-4-5-10-37)6-7-25(27)30(40)35-29-26-18-38(11-8-28(26)39(36-29)31(41)45-3)47(42,43)24-15-21(32)14-22(33)16-24/h6-7,14-17,20,34H,4-5,8-13,18-19H2,1-3H3,(H,35,36,40). The normalized spacial score (nSPS) is 16.0. The molecule has 13 nitrogen and oxygen atoms in total. The number of hydrogen-bond donors (Lipinski definition) is 2. The average Bonchev–Trinajstić information content (AvgIpc) is 3.68. The number of likely N-dealkylation sites (tertiary alicyclic amines) is 1. The van der Waals surface area contributed by atoms with Crippen molar-refractivity contribution in [3.8, 4) is 5.75 Å². The lowest BCUT2D eigenvalue weighted by molar-refractivity contribution is 0.102. The molecule has 1 aromatic heterocycles. The van der Waals surface area contributed by atoms with E-state index >= 15 is 0 Å². The molecule has 2 aliphatic rings. The highest BCUT2D eigenvalue weighted by molar-refractivity contribution is 7.89. The molecule has 254 valence electrons. The predicted molar refractivity (Wildman–Crippen MR) is 168 cm³/mol. The summed E-state index contributed by atoms with van der Waals surface area (Å²) in [6, 6.07) is 6.86. The van der Waals surface area contributed by atoms with Gasteiger partial charge in [-0.2, -0.15) is 8.99 Å². The lowest BCUT2D eigenvalue weighted by atomic mass is 10.1. The van der Waals surface area contributed by atoms with Crippen LogP contribution < -0.4 is 15.4 Å². The molecule has 0 bridgehead atoms. The van der Waals surface area contributed by atoms with Gasteiger partial charge >= 0.3 is 6.09 Å². The predicted octanol–water partition coefficient (Wildman–Crippen LogP) is 3.70. The van der Waals surface area contributed by atoms with Gasteiger partial charge in [0.25, 0.3) is 5.91 Å². The zero-order valence-electron chi connectivity index (χ0n) is 26.4. The molecule has 1 fully saturated rings. The number of rotatable bonds is 12. The summed E-state index contributed by atoms with van der Waals surface area (Å²) >= 11 is 0. The molecule has 0 saturated carbocycles. The van der Waals surface area contributed by atoms with E-state index in [1.165, 1.54) is 20.0 Å². The molecule has 47 heavy (non-hydrogen) atoms. The van der Waals surface area contributed by atoms with Gasteiger partial charge in [0.1, 0.15) is 24.0 Å². The summed E-state index contributed by atoms with van der Waals surface area (Å²) in [5.41, 5.74) is 1.26. The molecular formula is C31H38F2N6O7S. The molecule has 0 aliphatic carbocycles. The third-order valence-electron chi connectivity index (χ3n) is 8.00. The second-order valence-corrected chi connectivity index (χ2v) is 13.3. The van der Waals surface area contributed by atoms with Crippen molar-refractivity contribution in [3.63, 3.8) is 0 Å². The smallest absolute Gasteiger partial charge is 0.434 e. The van der Waals surface area contributed by atoms with Crippen LogP contribution in [0.25, 0.3) is 0 Å². The van der Waals surface area contributed by atoms with Crippen molar-refractivity contribution in [1.82, 2.24) is 19.0 Å². The molecular weight excluding hydrogens is 638 g/mol. The number of carbonyl (C=O) groups is 2. The molecule has 3 heterocycles. The molecule has 1 atom stereocenters. The third kappa shape index (κ3) is 7.89. The minimum absolute atomic E-state index is 0.00906. The van der Waals surface area contributed by atoms with Gasteiger partial charge in [-0.25, -0.2) is 22.0 Å². The zero-order chi connectivity index (χ0) is 33.7. The number of carbonyl (C=O) groups excluding carboxylic acids is 2. The first-order chi connectivity index (χ1) is 22.5. The molecule has 1 amide bonds. The highest BCUT2D eigenvalue weighted by Crippen LogP contribution is 2.32. The van der Waals surface area contributed by atoms with Gasteiger partial charge in [0, 0.05) is 56.9 Å². The zero-order valence-corrected chi connectivity index (χ0v) is 27.2. The van der Waals surface area contributed by atoms with Crippen LogP contribution in [0.2, 0.25) is 0 Å². The van der Waals surface area contributed by atoms with Crippen LogP contribution in [0.3, 0.4) is 0 Å². The minimum Gasteiger partial charge on any atom is -0.492 e. The van der Waals surface area contributed by atoms with Crippen molar-refractivity contribution in [2.45, 2.75) is 43.7 Å². The first kappa shape index (κ1) is 34.2. The Morgan fingerprint density at radius 2 is 1.77 bits per heavy atom. The quantitative estimate of drug-likeness (QED) is 0.292. The summed E-state index contributed by atoms with van der Waals surface area (Å²) < 4.78 is 72.7. The summed E-state index contributed by atoms with van der Waals surface area (Å²) in [4.78, 5) is 28.1. The fourth-order valence-electron chi connectivity index (χ4n) is 5.73. The maximum Gasteiger partial charge on any atom is 0.434 e. The SMILES string of the molecule is COCC(C)Nc1cc(OCCN2CCCC2)ccc1C(=O)Nc1nn(C(=O)OC)c2c1CN(S(=O)(=O)c1cc(F)cc(F)c1)CC2. The molecule has 2 aliphatic heterocycles. The largest absolute Gasteiger partial charge is 0.492 e. The van der Waals surface area contributed by atoms with Gasteiger partial charge in [-0.15, -0.1) is 5.10 Å². The Morgan fingerprint density at radius 3 is 2.45 bits per heavy atom. The second kappa shape index (κ2) is 14.8. The molecule has 1 saturated heterocycles. The topological polar surface area (TPSA) is 144 Å². The Balaban J connectivity index is 1.42. The number of aromatic nitrogens is 2. The number of benzene rings is 2. The number of hydrogen-bond acceptors (Lipinski definition) is 10. The Morgan fingerprint density at radius 1 is 1.04 bits per heavy atom. The lowest BCUT2D eigenvalue weighted by Gasteiger charge is -2.27.